The fourth-order valence-corrected chi connectivity index (χ4v) is 4.44. The first kappa shape index (κ1) is 28.1. The number of hydrogen-bond acceptors (Lipinski definition) is 5. The van der Waals surface area contributed by atoms with Gasteiger partial charge in [-0.05, 0) is 66.2 Å². The number of halogens is 2. The minimum absolute atomic E-state index is 0.0825. The maximum Gasteiger partial charge on any atom is 0.272 e. The van der Waals surface area contributed by atoms with Gasteiger partial charge in [0.1, 0.15) is 11.5 Å². The van der Waals surface area contributed by atoms with Gasteiger partial charge in [-0.15, -0.1) is 11.8 Å². The van der Waals surface area contributed by atoms with Crippen molar-refractivity contribution in [3.63, 3.8) is 0 Å². The number of nitrogens with one attached hydrogen (secondary N) is 3. The maximum absolute atomic E-state index is 13.3. The third-order valence-electron chi connectivity index (χ3n) is 5.17. The molecular weight excluding hydrogens is 600 g/mol. The van der Waals surface area contributed by atoms with Gasteiger partial charge in [0.15, 0.2) is 0 Å². The van der Waals surface area contributed by atoms with E-state index in [1.165, 1.54) is 18.0 Å². The molecule has 39 heavy (non-hydrogen) atoms. The van der Waals surface area contributed by atoms with Crippen LogP contribution in [0, 0.1) is 0 Å². The molecule has 0 saturated heterocycles. The Morgan fingerprint density at radius 1 is 0.897 bits per heavy atom. The minimum atomic E-state index is -0.490. The molecule has 0 radical (unpaired) electrons. The van der Waals surface area contributed by atoms with Crippen molar-refractivity contribution in [3.05, 3.63) is 124 Å². The van der Waals surface area contributed by atoms with Gasteiger partial charge in [0, 0.05) is 26.8 Å². The van der Waals surface area contributed by atoms with E-state index in [1.807, 2.05) is 36.4 Å². The largest absolute Gasteiger partial charge is 0.321 e. The molecule has 1 heterocycles. The lowest BCUT2D eigenvalue weighted by molar-refractivity contribution is -0.114. The lowest BCUT2D eigenvalue weighted by Crippen LogP contribution is -2.30. The van der Waals surface area contributed by atoms with Crippen LogP contribution in [-0.4, -0.2) is 28.5 Å². The Balaban J connectivity index is 1.44. The minimum Gasteiger partial charge on any atom is -0.321 e. The van der Waals surface area contributed by atoms with E-state index in [1.54, 1.807) is 60.7 Å². The van der Waals surface area contributed by atoms with Gasteiger partial charge in [0.05, 0.1) is 10.8 Å². The van der Waals surface area contributed by atoms with Crippen molar-refractivity contribution in [2.75, 3.05) is 16.4 Å². The lowest BCUT2D eigenvalue weighted by Gasteiger charge is -2.12. The van der Waals surface area contributed by atoms with Crippen LogP contribution >= 0.6 is 39.3 Å². The molecule has 0 atom stereocenters. The predicted octanol–water partition coefficient (Wildman–Crippen LogP) is 6.64. The number of thioether (sulfide) groups is 1. The van der Waals surface area contributed by atoms with Crippen LogP contribution in [0.1, 0.15) is 15.9 Å². The Labute approximate surface area is 243 Å². The summed E-state index contributed by atoms with van der Waals surface area (Å²) in [6, 6.07) is 26.4. The summed E-state index contributed by atoms with van der Waals surface area (Å²) in [6.07, 6.45) is 3.06. The van der Waals surface area contributed by atoms with Gasteiger partial charge in [-0.3, -0.25) is 14.4 Å². The summed E-state index contributed by atoms with van der Waals surface area (Å²) >= 11 is 10.5. The van der Waals surface area contributed by atoms with Crippen LogP contribution in [0.15, 0.2) is 112 Å². The van der Waals surface area contributed by atoms with Gasteiger partial charge in [0.25, 0.3) is 11.8 Å². The van der Waals surface area contributed by atoms with E-state index >= 15 is 0 Å². The highest BCUT2D eigenvalue weighted by molar-refractivity contribution is 9.10. The second kappa shape index (κ2) is 13.7. The molecule has 0 aliphatic carbocycles. The number of amides is 3. The van der Waals surface area contributed by atoms with Crippen LogP contribution in [0.2, 0.25) is 5.02 Å². The second-order valence-electron chi connectivity index (χ2n) is 8.11. The number of carbonyl (C=O) groups excluding carboxylic acids is 3. The molecule has 0 unspecified atom stereocenters. The molecule has 0 aliphatic rings. The van der Waals surface area contributed by atoms with Crippen molar-refractivity contribution in [3.8, 4) is 0 Å². The zero-order valence-electron chi connectivity index (χ0n) is 20.4. The standard InChI is InChI=1S/C29H22BrClN4O3S/c30-21-11-9-19(10-12-21)15-25(34-28(37)20-5-2-1-3-6-20)29(38)33-23-7-4-8-24(16-23)39-18-27(36)35-26-14-13-22(31)17-32-26/h1-17H,18H2,(H,33,38)(H,34,37)(H,32,35,36)/b25-15-. The monoisotopic (exact) mass is 620 g/mol. The fraction of sp³-hybridized carbons (Fsp3) is 0.0345. The zero-order valence-corrected chi connectivity index (χ0v) is 23.5. The van der Waals surface area contributed by atoms with E-state index in [2.05, 4.69) is 36.9 Å². The van der Waals surface area contributed by atoms with Gasteiger partial charge >= 0.3 is 0 Å². The second-order valence-corrected chi connectivity index (χ2v) is 10.5. The van der Waals surface area contributed by atoms with Crippen LogP contribution in [-0.2, 0) is 9.59 Å². The molecule has 0 bridgehead atoms. The molecule has 10 heteroatoms. The van der Waals surface area contributed by atoms with E-state index in [4.69, 9.17) is 11.6 Å². The highest BCUT2D eigenvalue weighted by atomic mass is 79.9. The van der Waals surface area contributed by atoms with E-state index in [-0.39, 0.29) is 17.4 Å². The number of pyridine rings is 1. The Morgan fingerprint density at radius 3 is 2.38 bits per heavy atom. The topological polar surface area (TPSA) is 100 Å². The Morgan fingerprint density at radius 2 is 1.67 bits per heavy atom. The molecular formula is C29H22BrClN4O3S. The molecule has 0 fully saturated rings. The van der Waals surface area contributed by atoms with Crippen LogP contribution < -0.4 is 16.0 Å². The summed E-state index contributed by atoms with van der Waals surface area (Å²) in [7, 11) is 0. The van der Waals surface area contributed by atoms with E-state index in [0.717, 1.165) is 14.9 Å². The molecule has 3 N–H and O–H groups in total. The summed E-state index contributed by atoms with van der Waals surface area (Å²) in [4.78, 5) is 43.2. The summed E-state index contributed by atoms with van der Waals surface area (Å²) in [5.74, 6) is -0.569. The third kappa shape index (κ3) is 8.81. The van der Waals surface area contributed by atoms with Crippen molar-refractivity contribution < 1.29 is 14.4 Å². The molecule has 0 saturated carbocycles. The highest BCUT2D eigenvalue weighted by Crippen LogP contribution is 2.23. The SMILES string of the molecule is O=C(CSc1cccc(NC(=O)/C(=C/c2ccc(Br)cc2)NC(=O)c2ccccc2)c1)Nc1ccc(Cl)cn1. The van der Waals surface area contributed by atoms with Crippen molar-refractivity contribution >= 4 is 74.6 Å². The van der Waals surface area contributed by atoms with E-state index in [0.29, 0.717) is 22.1 Å². The van der Waals surface area contributed by atoms with Gasteiger partial charge in [-0.1, -0.05) is 63.9 Å². The molecule has 4 rings (SSSR count). The van der Waals surface area contributed by atoms with Crippen molar-refractivity contribution in [2.24, 2.45) is 0 Å². The van der Waals surface area contributed by atoms with Gasteiger partial charge in [-0.2, -0.15) is 0 Å². The molecule has 7 nitrogen and oxygen atoms in total. The fourth-order valence-electron chi connectivity index (χ4n) is 3.31. The number of nitrogens with zero attached hydrogens (tertiary/aromatic N) is 1. The molecule has 3 amide bonds. The lowest BCUT2D eigenvalue weighted by atomic mass is 10.1. The number of benzene rings is 3. The van der Waals surface area contributed by atoms with Crippen LogP contribution in [0.5, 0.6) is 0 Å². The number of rotatable bonds is 9. The average Bonchev–Trinajstić information content (AvgIpc) is 2.94. The smallest absolute Gasteiger partial charge is 0.272 e. The van der Waals surface area contributed by atoms with Crippen molar-refractivity contribution in [1.82, 2.24) is 10.3 Å². The van der Waals surface area contributed by atoms with Crippen molar-refractivity contribution in [1.29, 1.82) is 0 Å². The van der Waals surface area contributed by atoms with Gasteiger partial charge < -0.3 is 16.0 Å². The molecule has 1 aromatic heterocycles. The number of hydrogen-bond donors (Lipinski definition) is 3. The summed E-state index contributed by atoms with van der Waals surface area (Å²) in [5, 5.41) is 8.75. The first-order chi connectivity index (χ1) is 18.9. The summed E-state index contributed by atoms with van der Waals surface area (Å²) in [6.45, 7) is 0. The number of anilines is 2. The van der Waals surface area contributed by atoms with Crippen LogP contribution in [0.3, 0.4) is 0 Å². The molecule has 0 spiro atoms. The Hall–Kier alpha value is -3.92. The molecule has 0 aliphatic heterocycles. The van der Waals surface area contributed by atoms with Crippen LogP contribution in [0.25, 0.3) is 6.08 Å². The van der Waals surface area contributed by atoms with E-state index < -0.39 is 11.8 Å². The zero-order chi connectivity index (χ0) is 27.6. The molecule has 3 aromatic carbocycles. The normalized spacial score (nSPS) is 11.0. The first-order valence-corrected chi connectivity index (χ1v) is 13.8. The average molecular weight is 622 g/mol. The van der Waals surface area contributed by atoms with Gasteiger partial charge in [0.2, 0.25) is 5.91 Å². The number of carbonyl (C=O) groups is 3. The van der Waals surface area contributed by atoms with E-state index in [9.17, 15) is 14.4 Å². The van der Waals surface area contributed by atoms with Crippen molar-refractivity contribution in [2.45, 2.75) is 4.90 Å². The summed E-state index contributed by atoms with van der Waals surface area (Å²) in [5.41, 5.74) is 1.76. The predicted molar refractivity (Wildman–Crippen MR) is 160 cm³/mol. The Bertz CT molecular complexity index is 1500. The first-order valence-electron chi connectivity index (χ1n) is 11.6. The quantitative estimate of drug-likeness (QED) is 0.144. The Kier molecular flexibility index (Phi) is 9.91. The number of aromatic nitrogens is 1. The summed E-state index contributed by atoms with van der Waals surface area (Å²) < 4.78 is 0.895. The van der Waals surface area contributed by atoms with Crippen LogP contribution in [0.4, 0.5) is 11.5 Å². The van der Waals surface area contributed by atoms with Gasteiger partial charge in [-0.25, -0.2) is 4.98 Å². The maximum atomic E-state index is 13.3. The third-order valence-corrected chi connectivity index (χ3v) is 6.91. The molecule has 4 aromatic rings. The molecule has 196 valence electrons. The highest BCUT2D eigenvalue weighted by Gasteiger charge is 2.15.